The highest BCUT2D eigenvalue weighted by atomic mass is 32.2. The van der Waals surface area contributed by atoms with Gasteiger partial charge >= 0.3 is 0 Å². The third-order valence-electron chi connectivity index (χ3n) is 4.45. The van der Waals surface area contributed by atoms with Crippen molar-refractivity contribution in [1.29, 1.82) is 0 Å². The van der Waals surface area contributed by atoms with Crippen LogP contribution in [-0.2, 0) is 16.8 Å². The standard InChI is InChI=1S/C14H25N5O3S/c1-13-15-14(16-22-13)12-17-6-5-9-19(11-10-17)23(20,21)18-7-3-2-4-8-18/h2-12H2,1H3. The maximum atomic E-state index is 12.8. The summed E-state index contributed by atoms with van der Waals surface area (Å²) < 4.78 is 33.8. The largest absolute Gasteiger partial charge is 0.340 e. The molecule has 0 aromatic carbocycles. The second kappa shape index (κ2) is 7.25. The quantitative estimate of drug-likeness (QED) is 0.797. The third kappa shape index (κ3) is 4.09. The maximum absolute atomic E-state index is 12.8. The first kappa shape index (κ1) is 16.8. The summed E-state index contributed by atoms with van der Waals surface area (Å²) in [5.74, 6) is 1.22. The normalized spacial score (nSPS) is 23.0. The van der Waals surface area contributed by atoms with E-state index in [9.17, 15) is 8.42 Å². The molecule has 23 heavy (non-hydrogen) atoms. The first-order valence-electron chi connectivity index (χ1n) is 8.32. The molecule has 2 aliphatic rings. The van der Waals surface area contributed by atoms with Gasteiger partial charge in [0.25, 0.3) is 10.2 Å². The minimum Gasteiger partial charge on any atom is -0.340 e. The van der Waals surface area contributed by atoms with Gasteiger partial charge in [0.05, 0.1) is 6.54 Å². The molecule has 9 heteroatoms. The third-order valence-corrected chi connectivity index (χ3v) is 6.49. The fraction of sp³-hybridized carbons (Fsp3) is 0.857. The molecule has 130 valence electrons. The molecule has 0 aliphatic carbocycles. The van der Waals surface area contributed by atoms with E-state index in [4.69, 9.17) is 4.52 Å². The molecule has 0 radical (unpaired) electrons. The van der Waals surface area contributed by atoms with E-state index in [0.29, 0.717) is 51.0 Å². The Kier molecular flexibility index (Phi) is 5.30. The van der Waals surface area contributed by atoms with Crippen molar-refractivity contribution in [3.05, 3.63) is 11.7 Å². The smallest absolute Gasteiger partial charge is 0.282 e. The summed E-state index contributed by atoms with van der Waals surface area (Å²) in [6, 6.07) is 0. The highest BCUT2D eigenvalue weighted by Gasteiger charge is 2.31. The number of hydrogen-bond acceptors (Lipinski definition) is 6. The monoisotopic (exact) mass is 343 g/mol. The summed E-state index contributed by atoms with van der Waals surface area (Å²) in [6.07, 6.45) is 3.89. The van der Waals surface area contributed by atoms with Crippen LogP contribution < -0.4 is 0 Å². The molecule has 1 aromatic heterocycles. The maximum Gasteiger partial charge on any atom is 0.282 e. The van der Waals surface area contributed by atoms with E-state index in [1.54, 1.807) is 15.5 Å². The van der Waals surface area contributed by atoms with Gasteiger partial charge < -0.3 is 4.52 Å². The van der Waals surface area contributed by atoms with Gasteiger partial charge in [-0.1, -0.05) is 11.6 Å². The topological polar surface area (TPSA) is 82.8 Å². The van der Waals surface area contributed by atoms with Gasteiger partial charge in [0.15, 0.2) is 5.82 Å². The molecule has 0 spiro atoms. The van der Waals surface area contributed by atoms with Crippen LogP contribution in [0.5, 0.6) is 0 Å². The molecule has 0 N–H and O–H groups in total. The highest BCUT2D eigenvalue weighted by Crippen LogP contribution is 2.18. The van der Waals surface area contributed by atoms with Crippen molar-refractivity contribution in [2.24, 2.45) is 0 Å². The van der Waals surface area contributed by atoms with E-state index < -0.39 is 10.2 Å². The summed E-state index contributed by atoms with van der Waals surface area (Å²) in [5, 5.41) is 3.91. The van der Waals surface area contributed by atoms with E-state index in [2.05, 4.69) is 15.0 Å². The van der Waals surface area contributed by atoms with Crippen molar-refractivity contribution in [3.8, 4) is 0 Å². The summed E-state index contributed by atoms with van der Waals surface area (Å²) in [6.45, 7) is 6.34. The molecule has 2 saturated heterocycles. The van der Waals surface area contributed by atoms with Crippen molar-refractivity contribution in [3.63, 3.8) is 0 Å². The number of piperidine rings is 1. The lowest BCUT2D eigenvalue weighted by atomic mass is 10.2. The van der Waals surface area contributed by atoms with E-state index >= 15 is 0 Å². The summed E-state index contributed by atoms with van der Waals surface area (Å²) >= 11 is 0. The average Bonchev–Trinajstić information content (AvgIpc) is 2.81. The fourth-order valence-corrected chi connectivity index (χ4v) is 4.92. The SMILES string of the molecule is Cc1nc(CN2CCCN(S(=O)(=O)N3CCCCC3)CC2)no1. The van der Waals surface area contributed by atoms with Gasteiger partial charge in [-0.2, -0.15) is 22.0 Å². The zero-order valence-electron chi connectivity index (χ0n) is 13.6. The lowest BCUT2D eigenvalue weighted by Crippen LogP contribution is -2.47. The molecule has 3 heterocycles. The van der Waals surface area contributed by atoms with Crippen LogP contribution in [0, 0.1) is 6.92 Å². The highest BCUT2D eigenvalue weighted by molar-refractivity contribution is 7.86. The van der Waals surface area contributed by atoms with Crippen LogP contribution in [0.4, 0.5) is 0 Å². The van der Waals surface area contributed by atoms with Crippen molar-refractivity contribution in [2.45, 2.75) is 39.2 Å². The molecule has 0 amide bonds. The molecule has 0 bridgehead atoms. The Morgan fingerprint density at radius 2 is 1.65 bits per heavy atom. The Bertz CT molecular complexity index is 612. The van der Waals surface area contributed by atoms with E-state index in [-0.39, 0.29) is 0 Å². The minimum absolute atomic E-state index is 0.523. The molecular formula is C14H25N5O3S. The summed E-state index contributed by atoms with van der Waals surface area (Å²) in [4.78, 5) is 6.41. The Morgan fingerprint density at radius 1 is 0.957 bits per heavy atom. The molecule has 2 aliphatic heterocycles. The second-order valence-corrected chi connectivity index (χ2v) is 8.15. The van der Waals surface area contributed by atoms with Gasteiger partial charge in [0.2, 0.25) is 5.89 Å². The number of rotatable bonds is 4. The van der Waals surface area contributed by atoms with E-state index in [1.807, 2.05) is 0 Å². The Labute approximate surface area is 137 Å². The van der Waals surface area contributed by atoms with E-state index in [1.165, 1.54) is 0 Å². The number of aromatic nitrogens is 2. The van der Waals surface area contributed by atoms with E-state index in [0.717, 1.165) is 32.2 Å². The van der Waals surface area contributed by atoms with Crippen LogP contribution in [0.2, 0.25) is 0 Å². The first-order valence-corrected chi connectivity index (χ1v) is 9.72. The van der Waals surface area contributed by atoms with Crippen LogP contribution >= 0.6 is 0 Å². The van der Waals surface area contributed by atoms with Crippen LogP contribution in [0.1, 0.15) is 37.4 Å². The van der Waals surface area contributed by atoms with Gasteiger partial charge in [-0.3, -0.25) is 4.90 Å². The van der Waals surface area contributed by atoms with Gasteiger partial charge in [0.1, 0.15) is 0 Å². The lowest BCUT2D eigenvalue weighted by molar-refractivity contribution is 0.262. The van der Waals surface area contributed by atoms with Crippen LogP contribution in [0.25, 0.3) is 0 Å². The van der Waals surface area contributed by atoms with Crippen molar-refractivity contribution in [1.82, 2.24) is 23.7 Å². The van der Waals surface area contributed by atoms with Crippen molar-refractivity contribution < 1.29 is 12.9 Å². The zero-order chi connectivity index (χ0) is 16.3. The molecule has 0 atom stereocenters. The Morgan fingerprint density at radius 3 is 2.35 bits per heavy atom. The molecule has 1 aromatic rings. The molecule has 8 nitrogen and oxygen atoms in total. The van der Waals surface area contributed by atoms with Gasteiger partial charge in [-0.25, -0.2) is 0 Å². The molecular weight excluding hydrogens is 318 g/mol. The summed E-state index contributed by atoms with van der Waals surface area (Å²) in [7, 11) is -3.31. The lowest BCUT2D eigenvalue weighted by Gasteiger charge is -2.31. The number of aryl methyl sites for hydroxylation is 1. The van der Waals surface area contributed by atoms with Crippen molar-refractivity contribution in [2.75, 3.05) is 39.3 Å². The average molecular weight is 343 g/mol. The first-order chi connectivity index (χ1) is 11.1. The molecule has 0 unspecified atom stereocenters. The van der Waals surface area contributed by atoms with Crippen LogP contribution in [0.3, 0.4) is 0 Å². The van der Waals surface area contributed by atoms with Gasteiger partial charge in [-0.15, -0.1) is 0 Å². The fourth-order valence-electron chi connectivity index (χ4n) is 3.20. The Balaban J connectivity index is 1.59. The predicted molar refractivity (Wildman–Crippen MR) is 84.8 cm³/mol. The minimum atomic E-state index is -3.31. The number of hydrogen-bond donors (Lipinski definition) is 0. The Hall–Kier alpha value is -1.03. The molecule has 0 saturated carbocycles. The predicted octanol–water partition coefficient (Wildman–Crippen LogP) is 0.616. The van der Waals surface area contributed by atoms with Gasteiger partial charge in [-0.05, 0) is 25.8 Å². The van der Waals surface area contributed by atoms with Crippen LogP contribution in [0.15, 0.2) is 4.52 Å². The molecule has 3 rings (SSSR count). The zero-order valence-corrected chi connectivity index (χ0v) is 14.5. The van der Waals surface area contributed by atoms with Crippen molar-refractivity contribution >= 4 is 10.2 Å². The summed E-state index contributed by atoms with van der Waals surface area (Å²) in [5.41, 5.74) is 0. The second-order valence-electron chi connectivity index (χ2n) is 6.23. The van der Waals surface area contributed by atoms with Crippen LogP contribution in [-0.4, -0.2) is 71.3 Å². The molecule has 2 fully saturated rings. The van der Waals surface area contributed by atoms with Gasteiger partial charge in [0, 0.05) is 39.6 Å². The number of nitrogens with zero attached hydrogens (tertiary/aromatic N) is 5.